The van der Waals surface area contributed by atoms with E-state index in [0.29, 0.717) is 17.1 Å². The van der Waals surface area contributed by atoms with Crippen LogP contribution in [0.15, 0.2) is 53.0 Å². The van der Waals surface area contributed by atoms with E-state index < -0.39 is 5.97 Å². The highest BCUT2D eigenvalue weighted by molar-refractivity contribution is 9.10. The van der Waals surface area contributed by atoms with E-state index in [2.05, 4.69) is 29.8 Å². The number of carboxylic acids is 1. The number of aliphatic carboxylic acids is 1. The first kappa shape index (κ1) is 15.5. The molecule has 0 bridgehead atoms. The topological polar surface area (TPSA) is 37.3 Å². The molecule has 0 saturated carbocycles. The Bertz CT molecular complexity index is 653. The standard InChI is InChI=1S/C18H17BrO2/c1-12(2)14-5-3-13(4-6-14)11-17(18(20)21)15-7-9-16(19)10-8-15/h3-12H,1-2H3,(H,20,21)/b17-11-. The summed E-state index contributed by atoms with van der Waals surface area (Å²) in [5.74, 6) is -0.460. The Morgan fingerprint density at radius 2 is 1.62 bits per heavy atom. The van der Waals surface area contributed by atoms with Gasteiger partial charge in [0.25, 0.3) is 0 Å². The summed E-state index contributed by atoms with van der Waals surface area (Å²) in [6.07, 6.45) is 1.70. The molecule has 3 heteroatoms. The highest BCUT2D eigenvalue weighted by atomic mass is 79.9. The molecule has 0 saturated heterocycles. The minimum absolute atomic E-state index is 0.291. The van der Waals surface area contributed by atoms with Crippen molar-refractivity contribution in [3.8, 4) is 0 Å². The van der Waals surface area contributed by atoms with Gasteiger partial charge in [0.1, 0.15) is 0 Å². The third-order valence-electron chi connectivity index (χ3n) is 3.30. The van der Waals surface area contributed by atoms with Crippen LogP contribution in [0.1, 0.15) is 36.5 Å². The second kappa shape index (κ2) is 6.72. The van der Waals surface area contributed by atoms with Gasteiger partial charge in [0.15, 0.2) is 0 Å². The molecule has 2 nitrogen and oxygen atoms in total. The SMILES string of the molecule is CC(C)c1ccc(/C=C(\C(=O)O)c2ccc(Br)cc2)cc1. The van der Waals surface area contributed by atoms with Crippen molar-refractivity contribution < 1.29 is 9.90 Å². The van der Waals surface area contributed by atoms with Crippen LogP contribution in [0.3, 0.4) is 0 Å². The molecule has 0 aliphatic heterocycles. The Hall–Kier alpha value is -1.87. The average molecular weight is 345 g/mol. The van der Waals surface area contributed by atoms with Gasteiger partial charge in [-0.25, -0.2) is 4.79 Å². The Kier molecular flexibility index (Phi) is 4.97. The van der Waals surface area contributed by atoms with Gasteiger partial charge in [0.2, 0.25) is 0 Å². The fourth-order valence-corrected chi connectivity index (χ4v) is 2.31. The first-order valence-electron chi connectivity index (χ1n) is 6.78. The van der Waals surface area contributed by atoms with Crippen LogP contribution >= 0.6 is 15.9 Å². The number of halogens is 1. The summed E-state index contributed by atoms with van der Waals surface area (Å²) in [4.78, 5) is 11.5. The molecule has 0 atom stereocenters. The molecule has 0 amide bonds. The van der Waals surface area contributed by atoms with E-state index in [4.69, 9.17) is 0 Å². The summed E-state index contributed by atoms with van der Waals surface area (Å²) in [5, 5.41) is 9.42. The van der Waals surface area contributed by atoms with Gasteiger partial charge in [-0.2, -0.15) is 0 Å². The Labute approximate surface area is 133 Å². The van der Waals surface area contributed by atoms with Crippen LogP contribution < -0.4 is 0 Å². The lowest BCUT2D eigenvalue weighted by Gasteiger charge is -2.06. The summed E-state index contributed by atoms with van der Waals surface area (Å²) in [6, 6.07) is 15.3. The van der Waals surface area contributed by atoms with Gasteiger partial charge in [0.05, 0.1) is 5.57 Å². The molecule has 0 aliphatic carbocycles. The summed E-state index contributed by atoms with van der Waals surface area (Å²) in [6.45, 7) is 4.27. The lowest BCUT2D eigenvalue weighted by molar-refractivity contribution is -0.130. The molecule has 1 N–H and O–H groups in total. The van der Waals surface area contributed by atoms with E-state index in [9.17, 15) is 9.90 Å². The smallest absolute Gasteiger partial charge is 0.336 e. The number of hydrogen-bond acceptors (Lipinski definition) is 1. The Morgan fingerprint density at radius 1 is 1.05 bits per heavy atom. The van der Waals surface area contributed by atoms with Gasteiger partial charge >= 0.3 is 5.97 Å². The minimum atomic E-state index is -0.926. The monoisotopic (exact) mass is 344 g/mol. The van der Waals surface area contributed by atoms with Crippen LogP contribution in [0.25, 0.3) is 11.6 Å². The molecular formula is C18H17BrO2. The largest absolute Gasteiger partial charge is 0.478 e. The lowest BCUT2D eigenvalue weighted by atomic mass is 9.99. The summed E-state index contributed by atoms with van der Waals surface area (Å²) in [7, 11) is 0. The van der Waals surface area contributed by atoms with Crippen LogP contribution in [-0.4, -0.2) is 11.1 Å². The number of benzene rings is 2. The van der Waals surface area contributed by atoms with E-state index in [0.717, 1.165) is 10.0 Å². The summed E-state index contributed by atoms with van der Waals surface area (Å²) < 4.78 is 0.928. The zero-order valence-electron chi connectivity index (χ0n) is 12.0. The van der Waals surface area contributed by atoms with Gasteiger partial charge in [0, 0.05) is 4.47 Å². The van der Waals surface area contributed by atoms with Crippen molar-refractivity contribution >= 4 is 33.5 Å². The summed E-state index contributed by atoms with van der Waals surface area (Å²) in [5.41, 5.74) is 3.12. The maximum atomic E-state index is 11.5. The molecule has 21 heavy (non-hydrogen) atoms. The van der Waals surface area contributed by atoms with Crippen LogP contribution in [0.5, 0.6) is 0 Å². The van der Waals surface area contributed by atoms with Gasteiger partial charge in [-0.05, 0) is 40.8 Å². The highest BCUT2D eigenvalue weighted by Crippen LogP contribution is 2.22. The first-order chi connectivity index (χ1) is 9.97. The maximum Gasteiger partial charge on any atom is 0.336 e. The number of hydrogen-bond donors (Lipinski definition) is 1. The van der Waals surface area contributed by atoms with Gasteiger partial charge in [-0.3, -0.25) is 0 Å². The molecule has 0 spiro atoms. The van der Waals surface area contributed by atoms with Crippen molar-refractivity contribution in [2.75, 3.05) is 0 Å². The Balaban J connectivity index is 2.37. The molecular weight excluding hydrogens is 328 g/mol. The second-order valence-corrected chi connectivity index (χ2v) is 6.11. The lowest BCUT2D eigenvalue weighted by Crippen LogP contribution is -1.99. The van der Waals surface area contributed by atoms with Crippen molar-refractivity contribution in [1.82, 2.24) is 0 Å². The molecule has 0 radical (unpaired) electrons. The number of rotatable bonds is 4. The normalized spacial score (nSPS) is 11.7. The first-order valence-corrected chi connectivity index (χ1v) is 7.57. The number of carbonyl (C=O) groups is 1. The summed E-state index contributed by atoms with van der Waals surface area (Å²) >= 11 is 3.35. The third-order valence-corrected chi connectivity index (χ3v) is 3.83. The molecule has 2 aromatic carbocycles. The van der Waals surface area contributed by atoms with E-state index in [1.54, 1.807) is 18.2 Å². The van der Waals surface area contributed by atoms with Gasteiger partial charge < -0.3 is 5.11 Å². The van der Waals surface area contributed by atoms with Crippen LogP contribution in [-0.2, 0) is 4.79 Å². The van der Waals surface area contributed by atoms with E-state index in [-0.39, 0.29) is 0 Å². The fourth-order valence-electron chi connectivity index (χ4n) is 2.04. The molecule has 108 valence electrons. The predicted octanol–water partition coefficient (Wildman–Crippen LogP) is 5.20. The van der Waals surface area contributed by atoms with Crippen molar-refractivity contribution in [3.05, 3.63) is 69.7 Å². The molecule has 0 fully saturated rings. The van der Waals surface area contributed by atoms with E-state index >= 15 is 0 Å². The van der Waals surface area contributed by atoms with Crippen LogP contribution in [0.2, 0.25) is 0 Å². The van der Waals surface area contributed by atoms with Crippen LogP contribution in [0, 0.1) is 0 Å². The molecule has 2 aromatic rings. The van der Waals surface area contributed by atoms with Crippen molar-refractivity contribution in [3.63, 3.8) is 0 Å². The van der Waals surface area contributed by atoms with Crippen molar-refractivity contribution in [1.29, 1.82) is 0 Å². The van der Waals surface area contributed by atoms with Crippen molar-refractivity contribution in [2.24, 2.45) is 0 Å². The average Bonchev–Trinajstić information content (AvgIpc) is 2.46. The maximum absolute atomic E-state index is 11.5. The van der Waals surface area contributed by atoms with Crippen molar-refractivity contribution in [2.45, 2.75) is 19.8 Å². The molecule has 0 aliphatic rings. The fraction of sp³-hybridized carbons (Fsp3) is 0.167. The Morgan fingerprint density at radius 3 is 2.10 bits per heavy atom. The molecule has 0 aromatic heterocycles. The van der Waals surface area contributed by atoms with Gasteiger partial charge in [-0.1, -0.05) is 66.2 Å². The van der Waals surface area contributed by atoms with E-state index in [1.807, 2.05) is 36.4 Å². The predicted molar refractivity (Wildman–Crippen MR) is 90.2 cm³/mol. The van der Waals surface area contributed by atoms with Crippen LogP contribution in [0.4, 0.5) is 0 Å². The molecule has 2 rings (SSSR count). The van der Waals surface area contributed by atoms with Gasteiger partial charge in [-0.15, -0.1) is 0 Å². The molecule has 0 unspecified atom stereocenters. The van der Waals surface area contributed by atoms with E-state index in [1.165, 1.54) is 5.56 Å². The quantitative estimate of drug-likeness (QED) is 0.611. The zero-order valence-corrected chi connectivity index (χ0v) is 13.6. The number of carboxylic acid groups (broad SMARTS) is 1. The highest BCUT2D eigenvalue weighted by Gasteiger charge is 2.10. The second-order valence-electron chi connectivity index (χ2n) is 5.19. The zero-order chi connectivity index (χ0) is 15.4. The minimum Gasteiger partial charge on any atom is -0.478 e. The third kappa shape index (κ3) is 4.05. The molecule has 0 heterocycles.